The first-order valence-electron chi connectivity index (χ1n) is 4.80. The maximum absolute atomic E-state index is 10.4. The second-order valence-corrected chi connectivity index (χ2v) is 3.58. The van der Waals surface area contributed by atoms with Crippen LogP contribution >= 0.6 is 0 Å². The van der Waals surface area contributed by atoms with Crippen molar-refractivity contribution in [3.8, 4) is 0 Å². The Morgan fingerprint density at radius 1 is 1.31 bits per heavy atom. The summed E-state index contributed by atoms with van der Waals surface area (Å²) in [5.74, 6) is 0.724. The summed E-state index contributed by atoms with van der Waals surface area (Å²) in [5, 5.41) is 0. The van der Waals surface area contributed by atoms with Gasteiger partial charge in [-0.15, -0.1) is 0 Å². The summed E-state index contributed by atoms with van der Waals surface area (Å²) >= 11 is 0. The highest BCUT2D eigenvalue weighted by Crippen LogP contribution is 2.11. The van der Waals surface area contributed by atoms with Gasteiger partial charge < -0.3 is 0 Å². The van der Waals surface area contributed by atoms with Crippen LogP contribution in [0.5, 0.6) is 0 Å². The molecule has 0 aliphatic rings. The lowest BCUT2D eigenvalue weighted by atomic mass is 9.98. The van der Waals surface area contributed by atoms with E-state index in [1.807, 2.05) is 24.3 Å². The van der Waals surface area contributed by atoms with Crippen LogP contribution < -0.4 is 0 Å². The monoisotopic (exact) mass is 176 g/mol. The van der Waals surface area contributed by atoms with Gasteiger partial charge in [-0.1, -0.05) is 44.5 Å². The fourth-order valence-electron chi connectivity index (χ4n) is 1.28. The molecule has 1 heteroatoms. The van der Waals surface area contributed by atoms with Gasteiger partial charge in [-0.25, -0.2) is 0 Å². The molecule has 0 radical (unpaired) electrons. The van der Waals surface area contributed by atoms with Crippen LogP contribution in [-0.2, 0) is 6.42 Å². The normalized spacial score (nSPS) is 12.5. The van der Waals surface area contributed by atoms with Gasteiger partial charge in [0.25, 0.3) is 0 Å². The quantitative estimate of drug-likeness (QED) is 0.644. The van der Waals surface area contributed by atoms with Gasteiger partial charge in [-0.05, 0) is 17.9 Å². The summed E-state index contributed by atoms with van der Waals surface area (Å²) in [6.45, 7) is 4.44. The molecule has 0 aliphatic carbocycles. The lowest BCUT2D eigenvalue weighted by Gasteiger charge is -2.07. The average molecular weight is 176 g/mol. The third kappa shape index (κ3) is 3.02. The van der Waals surface area contributed by atoms with Crippen LogP contribution in [0.25, 0.3) is 0 Å². The van der Waals surface area contributed by atoms with E-state index in [0.29, 0.717) is 0 Å². The second kappa shape index (κ2) is 4.80. The van der Waals surface area contributed by atoms with Crippen molar-refractivity contribution in [2.75, 3.05) is 0 Å². The minimum Gasteiger partial charge on any atom is -0.298 e. The van der Waals surface area contributed by atoms with E-state index in [-0.39, 0.29) is 0 Å². The molecule has 1 aromatic carbocycles. The highest BCUT2D eigenvalue weighted by atomic mass is 16.1. The highest BCUT2D eigenvalue weighted by molar-refractivity contribution is 5.74. The molecule has 0 N–H and O–H groups in total. The molecule has 0 bridgehead atoms. The lowest BCUT2D eigenvalue weighted by Crippen LogP contribution is -1.97. The minimum atomic E-state index is 0.724. The molecule has 1 nitrogen and oxygen atoms in total. The first-order valence-corrected chi connectivity index (χ1v) is 4.80. The van der Waals surface area contributed by atoms with Crippen molar-refractivity contribution < 1.29 is 4.79 Å². The van der Waals surface area contributed by atoms with Crippen molar-refractivity contribution in [3.05, 3.63) is 35.4 Å². The molecule has 0 aromatic heterocycles. The zero-order chi connectivity index (χ0) is 9.68. The van der Waals surface area contributed by atoms with Gasteiger partial charge in [0.15, 0.2) is 0 Å². The van der Waals surface area contributed by atoms with Crippen LogP contribution in [0.4, 0.5) is 0 Å². The molecule has 1 atom stereocenters. The first kappa shape index (κ1) is 9.97. The van der Waals surface area contributed by atoms with Crippen LogP contribution in [0.2, 0.25) is 0 Å². The Morgan fingerprint density at radius 2 is 1.92 bits per heavy atom. The van der Waals surface area contributed by atoms with Gasteiger partial charge in [0.05, 0.1) is 0 Å². The number of rotatable bonds is 4. The molecule has 0 saturated heterocycles. The van der Waals surface area contributed by atoms with E-state index < -0.39 is 0 Å². The predicted molar refractivity (Wildman–Crippen MR) is 55.0 cm³/mol. The summed E-state index contributed by atoms with van der Waals surface area (Å²) in [6, 6.07) is 7.83. The molecule has 1 rings (SSSR count). The number of carbonyl (C=O) groups excluding carboxylic acids is 1. The molecule has 0 fully saturated rings. The van der Waals surface area contributed by atoms with Gasteiger partial charge in [-0.3, -0.25) is 4.79 Å². The summed E-state index contributed by atoms with van der Waals surface area (Å²) in [4.78, 5) is 10.4. The zero-order valence-corrected chi connectivity index (χ0v) is 8.29. The molecule has 0 aliphatic heterocycles. The van der Waals surface area contributed by atoms with Crippen molar-refractivity contribution in [1.82, 2.24) is 0 Å². The van der Waals surface area contributed by atoms with E-state index in [9.17, 15) is 4.79 Å². The van der Waals surface area contributed by atoms with Gasteiger partial charge in [0.2, 0.25) is 0 Å². The topological polar surface area (TPSA) is 17.1 Å². The van der Waals surface area contributed by atoms with Crippen LogP contribution in [0.15, 0.2) is 24.3 Å². The lowest BCUT2D eigenvalue weighted by molar-refractivity contribution is 0.112. The number of hydrogen-bond donors (Lipinski definition) is 0. The van der Waals surface area contributed by atoms with Gasteiger partial charge in [-0.2, -0.15) is 0 Å². The SMILES string of the molecule is CCC(C)Cc1ccc(C=O)cc1. The number of benzene rings is 1. The molecule has 0 amide bonds. The summed E-state index contributed by atoms with van der Waals surface area (Å²) in [5.41, 5.74) is 2.08. The van der Waals surface area contributed by atoms with Crippen molar-refractivity contribution in [1.29, 1.82) is 0 Å². The summed E-state index contributed by atoms with van der Waals surface area (Å²) < 4.78 is 0. The van der Waals surface area contributed by atoms with Crippen molar-refractivity contribution in [3.63, 3.8) is 0 Å². The van der Waals surface area contributed by atoms with E-state index in [0.717, 1.165) is 24.2 Å². The zero-order valence-electron chi connectivity index (χ0n) is 8.29. The van der Waals surface area contributed by atoms with E-state index in [1.54, 1.807) is 0 Å². The third-order valence-electron chi connectivity index (χ3n) is 2.40. The molecule has 1 aromatic rings. The molecule has 70 valence electrons. The molecular formula is C12H16O. The summed E-state index contributed by atoms with van der Waals surface area (Å²) in [6.07, 6.45) is 3.19. The standard InChI is InChI=1S/C12H16O/c1-3-10(2)8-11-4-6-12(9-13)7-5-11/h4-7,9-10H,3,8H2,1-2H3. The fourth-order valence-corrected chi connectivity index (χ4v) is 1.28. The first-order chi connectivity index (χ1) is 6.26. The van der Waals surface area contributed by atoms with Crippen LogP contribution in [0.3, 0.4) is 0 Å². The Bertz CT molecular complexity index is 261. The smallest absolute Gasteiger partial charge is 0.150 e. The van der Waals surface area contributed by atoms with Crippen LogP contribution in [0, 0.1) is 5.92 Å². The van der Waals surface area contributed by atoms with Gasteiger partial charge in [0, 0.05) is 5.56 Å². The Kier molecular flexibility index (Phi) is 3.69. The van der Waals surface area contributed by atoms with E-state index in [2.05, 4.69) is 13.8 Å². The van der Waals surface area contributed by atoms with Crippen LogP contribution in [-0.4, -0.2) is 6.29 Å². The van der Waals surface area contributed by atoms with E-state index >= 15 is 0 Å². The third-order valence-corrected chi connectivity index (χ3v) is 2.40. The Hall–Kier alpha value is -1.11. The van der Waals surface area contributed by atoms with Crippen molar-refractivity contribution in [2.45, 2.75) is 26.7 Å². The molecule has 1 unspecified atom stereocenters. The molecule has 13 heavy (non-hydrogen) atoms. The van der Waals surface area contributed by atoms with Crippen molar-refractivity contribution in [2.24, 2.45) is 5.92 Å². The molecule has 0 saturated carbocycles. The number of carbonyl (C=O) groups is 1. The van der Waals surface area contributed by atoms with Gasteiger partial charge in [0.1, 0.15) is 6.29 Å². The molecule has 0 heterocycles. The average Bonchev–Trinajstić information content (AvgIpc) is 2.19. The van der Waals surface area contributed by atoms with Crippen LogP contribution in [0.1, 0.15) is 36.2 Å². The Balaban J connectivity index is 2.63. The maximum Gasteiger partial charge on any atom is 0.150 e. The maximum atomic E-state index is 10.4. The van der Waals surface area contributed by atoms with E-state index in [4.69, 9.17) is 0 Å². The predicted octanol–water partition coefficient (Wildman–Crippen LogP) is 3.09. The fraction of sp³-hybridized carbons (Fsp3) is 0.417. The van der Waals surface area contributed by atoms with E-state index in [1.165, 1.54) is 12.0 Å². The van der Waals surface area contributed by atoms with Crippen molar-refractivity contribution >= 4 is 6.29 Å². The molecule has 0 spiro atoms. The second-order valence-electron chi connectivity index (χ2n) is 3.58. The largest absolute Gasteiger partial charge is 0.298 e. The Labute approximate surface area is 79.8 Å². The Morgan fingerprint density at radius 3 is 2.38 bits per heavy atom. The highest BCUT2D eigenvalue weighted by Gasteiger charge is 2.00. The molecular weight excluding hydrogens is 160 g/mol. The summed E-state index contributed by atoms with van der Waals surface area (Å²) in [7, 11) is 0. The van der Waals surface area contributed by atoms with Gasteiger partial charge >= 0.3 is 0 Å². The number of aldehydes is 1. The minimum absolute atomic E-state index is 0.724. The number of hydrogen-bond acceptors (Lipinski definition) is 1.